The minimum Gasteiger partial charge on any atom is -0.496 e. The van der Waals surface area contributed by atoms with E-state index in [4.69, 9.17) is 13.6 Å². The van der Waals surface area contributed by atoms with Crippen LogP contribution in [0, 0.1) is 13.8 Å². The molecule has 4 rings (SSSR count). The average molecular weight is 380 g/mol. The fourth-order valence-electron chi connectivity index (χ4n) is 3.40. The molecule has 0 aliphatic carbocycles. The van der Waals surface area contributed by atoms with E-state index >= 15 is 0 Å². The van der Waals surface area contributed by atoms with Crippen molar-refractivity contribution in [3.63, 3.8) is 0 Å². The lowest BCUT2D eigenvalue weighted by molar-refractivity contribution is 0.405. The minimum atomic E-state index is -0.338. The molecule has 27 heavy (non-hydrogen) atoms. The highest BCUT2D eigenvalue weighted by molar-refractivity contribution is 7.99. The minimum absolute atomic E-state index is 0.338. The lowest BCUT2D eigenvalue weighted by Gasteiger charge is -2.07. The molecule has 0 radical (unpaired) electrons. The third kappa shape index (κ3) is 3.35. The summed E-state index contributed by atoms with van der Waals surface area (Å²) >= 11 is 1.67. The number of methoxy groups -OCH3 is 1. The Kier molecular flexibility index (Phi) is 4.70. The van der Waals surface area contributed by atoms with Gasteiger partial charge in [0.05, 0.1) is 7.11 Å². The number of benzene rings is 2. The van der Waals surface area contributed by atoms with E-state index in [9.17, 15) is 4.79 Å². The number of hydrogen-bond donors (Lipinski definition) is 0. The van der Waals surface area contributed by atoms with Gasteiger partial charge in [0.25, 0.3) is 0 Å². The van der Waals surface area contributed by atoms with E-state index in [-0.39, 0.29) is 5.63 Å². The summed E-state index contributed by atoms with van der Waals surface area (Å²) in [6.07, 6.45) is 0.628. The van der Waals surface area contributed by atoms with Crippen LogP contribution in [0.25, 0.3) is 21.9 Å². The second kappa shape index (κ2) is 7.16. The number of para-hydroxylation sites is 1. The van der Waals surface area contributed by atoms with Crippen LogP contribution >= 0.6 is 11.8 Å². The van der Waals surface area contributed by atoms with Crippen LogP contribution in [0.3, 0.4) is 0 Å². The average Bonchev–Trinajstić information content (AvgIpc) is 3.01. The molecule has 0 fully saturated rings. The molecule has 0 spiro atoms. The van der Waals surface area contributed by atoms with Crippen LogP contribution in [0.1, 0.15) is 16.9 Å². The zero-order valence-corrected chi connectivity index (χ0v) is 16.3. The molecule has 0 aliphatic rings. The fourth-order valence-corrected chi connectivity index (χ4v) is 4.39. The van der Waals surface area contributed by atoms with Crippen molar-refractivity contribution in [1.82, 2.24) is 0 Å². The molecule has 0 N–H and O–H groups in total. The largest absolute Gasteiger partial charge is 0.496 e. The molecular weight excluding hydrogens is 360 g/mol. The van der Waals surface area contributed by atoms with Crippen molar-refractivity contribution < 1.29 is 13.6 Å². The van der Waals surface area contributed by atoms with Gasteiger partial charge in [-0.25, -0.2) is 4.79 Å². The highest BCUT2D eigenvalue weighted by Gasteiger charge is 2.16. The number of aryl methyl sites for hydroxylation is 3. The Hall–Kier alpha value is -2.66. The van der Waals surface area contributed by atoms with Gasteiger partial charge in [0, 0.05) is 28.5 Å². The van der Waals surface area contributed by atoms with E-state index in [1.807, 2.05) is 50.2 Å². The van der Waals surface area contributed by atoms with Gasteiger partial charge in [-0.05, 0) is 43.2 Å². The Labute approximate surface area is 161 Å². The Morgan fingerprint density at radius 1 is 1.00 bits per heavy atom. The molecule has 0 atom stereocenters. The second-order valence-corrected chi connectivity index (χ2v) is 7.68. The van der Waals surface area contributed by atoms with Crippen molar-refractivity contribution in [2.45, 2.75) is 25.2 Å². The summed E-state index contributed by atoms with van der Waals surface area (Å²) in [5.41, 5.74) is 3.12. The molecule has 0 amide bonds. The first-order valence-electron chi connectivity index (χ1n) is 8.79. The van der Waals surface area contributed by atoms with Crippen LogP contribution in [0.4, 0.5) is 0 Å². The highest BCUT2D eigenvalue weighted by Crippen LogP contribution is 2.32. The van der Waals surface area contributed by atoms with Crippen molar-refractivity contribution in [1.29, 1.82) is 0 Å². The molecule has 0 saturated carbocycles. The zero-order chi connectivity index (χ0) is 19.0. The first kappa shape index (κ1) is 17.7. The molecule has 5 heteroatoms. The van der Waals surface area contributed by atoms with Gasteiger partial charge in [-0.15, -0.1) is 11.8 Å². The van der Waals surface area contributed by atoms with Gasteiger partial charge in [-0.2, -0.15) is 0 Å². The first-order chi connectivity index (χ1) is 13.1. The predicted molar refractivity (Wildman–Crippen MR) is 109 cm³/mol. The topological polar surface area (TPSA) is 52.6 Å². The zero-order valence-electron chi connectivity index (χ0n) is 15.5. The smallest absolute Gasteiger partial charge is 0.347 e. The Bertz CT molecular complexity index is 1190. The van der Waals surface area contributed by atoms with E-state index in [1.54, 1.807) is 18.9 Å². The molecule has 0 unspecified atom stereocenters. The van der Waals surface area contributed by atoms with Crippen molar-refractivity contribution in [3.8, 4) is 5.75 Å². The Morgan fingerprint density at radius 2 is 1.78 bits per heavy atom. The molecule has 2 aromatic carbocycles. The van der Waals surface area contributed by atoms with Gasteiger partial charge in [0.1, 0.15) is 28.1 Å². The summed E-state index contributed by atoms with van der Waals surface area (Å²) in [6, 6.07) is 13.7. The fraction of sp³-hybridized carbons (Fsp3) is 0.227. The van der Waals surface area contributed by atoms with Crippen molar-refractivity contribution in [2.24, 2.45) is 0 Å². The normalized spacial score (nSPS) is 11.4. The number of ether oxygens (including phenoxy) is 1. The third-order valence-corrected chi connectivity index (χ3v) is 5.61. The SMILES string of the molecule is COc1ccccc1SCCc1cc2oc3cc(C)cc(C)c3c2c(=O)o1. The maximum atomic E-state index is 12.6. The quantitative estimate of drug-likeness (QED) is 0.428. The van der Waals surface area contributed by atoms with Crippen LogP contribution in [0.2, 0.25) is 0 Å². The predicted octanol–water partition coefficient (Wildman–Crippen LogP) is 5.50. The van der Waals surface area contributed by atoms with Crippen LogP contribution < -0.4 is 10.4 Å². The van der Waals surface area contributed by atoms with E-state index in [0.717, 1.165) is 38.5 Å². The molecule has 0 saturated heterocycles. The summed E-state index contributed by atoms with van der Waals surface area (Å²) < 4.78 is 16.9. The van der Waals surface area contributed by atoms with Gasteiger partial charge in [-0.1, -0.05) is 18.2 Å². The van der Waals surface area contributed by atoms with Gasteiger partial charge in [0.2, 0.25) is 0 Å². The lowest BCUT2D eigenvalue weighted by atomic mass is 10.1. The van der Waals surface area contributed by atoms with Crippen molar-refractivity contribution in [3.05, 3.63) is 69.8 Å². The van der Waals surface area contributed by atoms with Crippen LogP contribution in [-0.4, -0.2) is 12.9 Å². The maximum Gasteiger partial charge on any atom is 0.347 e. The summed E-state index contributed by atoms with van der Waals surface area (Å²) in [7, 11) is 1.66. The third-order valence-electron chi connectivity index (χ3n) is 4.56. The highest BCUT2D eigenvalue weighted by atomic mass is 32.2. The van der Waals surface area contributed by atoms with Gasteiger partial charge < -0.3 is 13.6 Å². The summed E-state index contributed by atoms with van der Waals surface area (Å²) in [4.78, 5) is 13.7. The summed E-state index contributed by atoms with van der Waals surface area (Å²) in [5.74, 6) is 2.25. The lowest BCUT2D eigenvalue weighted by Crippen LogP contribution is -2.02. The summed E-state index contributed by atoms with van der Waals surface area (Å²) in [5, 5.41) is 1.38. The monoisotopic (exact) mass is 380 g/mol. The molecule has 0 aliphatic heterocycles. The van der Waals surface area contributed by atoms with Gasteiger partial charge >= 0.3 is 5.63 Å². The molecule has 0 bridgehead atoms. The first-order valence-corrected chi connectivity index (χ1v) is 9.77. The number of hydrogen-bond acceptors (Lipinski definition) is 5. The maximum absolute atomic E-state index is 12.6. The number of thioether (sulfide) groups is 1. The van der Waals surface area contributed by atoms with E-state index < -0.39 is 0 Å². The van der Waals surface area contributed by atoms with Crippen LogP contribution in [-0.2, 0) is 6.42 Å². The Morgan fingerprint density at radius 3 is 2.59 bits per heavy atom. The van der Waals surface area contributed by atoms with E-state index in [2.05, 4.69) is 6.07 Å². The molecule has 4 aromatic rings. The molecule has 4 nitrogen and oxygen atoms in total. The van der Waals surface area contributed by atoms with E-state index in [0.29, 0.717) is 23.2 Å². The number of rotatable bonds is 5. The van der Waals surface area contributed by atoms with Crippen molar-refractivity contribution in [2.75, 3.05) is 12.9 Å². The second-order valence-electron chi connectivity index (χ2n) is 6.55. The van der Waals surface area contributed by atoms with Gasteiger partial charge in [-0.3, -0.25) is 0 Å². The molecule has 2 aromatic heterocycles. The standard InChI is InChI=1S/C22H20O4S/c1-13-10-14(2)20-17(11-13)26-18-12-15(25-22(23)21(18)20)8-9-27-19-7-5-4-6-16(19)24-3/h4-7,10-12H,8-9H2,1-3H3. The molecular formula is C22H20O4S. The number of furan rings is 1. The van der Waals surface area contributed by atoms with E-state index in [1.165, 1.54) is 0 Å². The molecule has 138 valence electrons. The van der Waals surface area contributed by atoms with Gasteiger partial charge in [0.15, 0.2) is 0 Å². The van der Waals surface area contributed by atoms with Crippen LogP contribution in [0.5, 0.6) is 5.75 Å². The molecule has 2 heterocycles. The van der Waals surface area contributed by atoms with Crippen LogP contribution in [0.15, 0.2) is 61.0 Å². The number of fused-ring (bicyclic) bond motifs is 3. The Balaban J connectivity index is 1.63. The summed E-state index contributed by atoms with van der Waals surface area (Å²) in [6.45, 7) is 4.00. The van der Waals surface area contributed by atoms with Crippen molar-refractivity contribution >= 4 is 33.7 Å².